The van der Waals surface area contributed by atoms with E-state index in [1.54, 1.807) is 18.7 Å². The van der Waals surface area contributed by atoms with Gasteiger partial charge in [0, 0.05) is 17.0 Å². The normalized spacial score (nSPS) is 17.6. The Kier molecular flexibility index (Phi) is 9.46. The molecule has 0 spiro atoms. The molecule has 0 rings (SSSR count). The average Bonchev–Trinajstić information content (AvgIpc) is 2.35. The molecule has 0 heterocycles. The van der Waals surface area contributed by atoms with Gasteiger partial charge in [-0.05, 0) is 34.1 Å². The van der Waals surface area contributed by atoms with Gasteiger partial charge in [-0.2, -0.15) is 11.8 Å². The highest BCUT2D eigenvalue weighted by molar-refractivity contribution is 7.99. The Hall–Kier alpha value is -0.300. The van der Waals surface area contributed by atoms with Crippen LogP contribution >= 0.6 is 11.8 Å². The molecular formula is C14H29NO4S. The van der Waals surface area contributed by atoms with Gasteiger partial charge in [-0.3, -0.25) is 10.1 Å². The van der Waals surface area contributed by atoms with Gasteiger partial charge in [0.15, 0.2) is 0 Å². The fraction of sp³-hybridized carbons (Fsp3) is 0.929. The summed E-state index contributed by atoms with van der Waals surface area (Å²) < 4.78 is 5.16. The van der Waals surface area contributed by atoms with Crippen LogP contribution in [0.1, 0.15) is 41.0 Å². The largest absolute Gasteiger partial charge is 0.465 e. The lowest BCUT2D eigenvalue weighted by Crippen LogP contribution is -2.54. The highest BCUT2D eigenvalue weighted by Gasteiger charge is 2.36. The number of hydrogen-bond acceptors (Lipinski definition) is 6. The maximum absolute atomic E-state index is 12.1. The Morgan fingerprint density at radius 2 is 2.00 bits per heavy atom. The van der Waals surface area contributed by atoms with Gasteiger partial charge in [0.2, 0.25) is 0 Å². The van der Waals surface area contributed by atoms with E-state index in [-0.39, 0.29) is 23.9 Å². The van der Waals surface area contributed by atoms with E-state index in [0.29, 0.717) is 18.8 Å². The van der Waals surface area contributed by atoms with Crippen molar-refractivity contribution in [3.63, 3.8) is 0 Å². The predicted octanol–water partition coefficient (Wildman–Crippen LogP) is 1.17. The Morgan fingerprint density at radius 1 is 1.40 bits per heavy atom. The number of nitrogens with one attached hydrogen (secondary N) is 1. The second kappa shape index (κ2) is 9.60. The van der Waals surface area contributed by atoms with Crippen LogP contribution in [0.4, 0.5) is 0 Å². The van der Waals surface area contributed by atoms with E-state index in [2.05, 4.69) is 5.32 Å². The highest BCUT2D eigenvalue weighted by Crippen LogP contribution is 2.24. The summed E-state index contributed by atoms with van der Waals surface area (Å²) in [7, 11) is 0. The molecule has 0 saturated heterocycles. The SMILES string of the molecule is CCOC(=O)C(C)(CC(C)SCC(O)CO)NC(C)C. The summed E-state index contributed by atoms with van der Waals surface area (Å²) in [5, 5.41) is 21.6. The van der Waals surface area contributed by atoms with E-state index in [0.717, 1.165) is 0 Å². The summed E-state index contributed by atoms with van der Waals surface area (Å²) in [6.45, 7) is 9.76. The first-order valence-corrected chi connectivity index (χ1v) is 8.15. The lowest BCUT2D eigenvalue weighted by atomic mass is 9.95. The zero-order chi connectivity index (χ0) is 15.8. The average molecular weight is 307 g/mol. The van der Waals surface area contributed by atoms with Crippen molar-refractivity contribution in [2.24, 2.45) is 0 Å². The van der Waals surface area contributed by atoms with Gasteiger partial charge < -0.3 is 14.9 Å². The molecule has 0 radical (unpaired) electrons. The van der Waals surface area contributed by atoms with Crippen molar-refractivity contribution >= 4 is 17.7 Å². The molecule has 0 aromatic rings. The number of hydrogen-bond donors (Lipinski definition) is 3. The molecule has 0 aromatic carbocycles. The number of aliphatic hydroxyl groups excluding tert-OH is 2. The van der Waals surface area contributed by atoms with Gasteiger partial charge in [0.1, 0.15) is 5.54 Å². The van der Waals surface area contributed by atoms with Crippen molar-refractivity contribution in [3.8, 4) is 0 Å². The third-order valence-corrected chi connectivity index (χ3v) is 4.13. The minimum absolute atomic E-state index is 0.164. The van der Waals surface area contributed by atoms with E-state index in [9.17, 15) is 9.90 Å². The van der Waals surface area contributed by atoms with Gasteiger partial charge in [-0.25, -0.2) is 0 Å². The fourth-order valence-corrected chi connectivity index (χ4v) is 3.20. The number of esters is 1. The van der Waals surface area contributed by atoms with Crippen molar-refractivity contribution in [3.05, 3.63) is 0 Å². The third-order valence-electron chi connectivity index (χ3n) is 2.81. The topological polar surface area (TPSA) is 78.8 Å². The van der Waals surface area contributed by atoms with Crippen LogP contribution in [0.5, 0.6) is 0 Å². The van der Waals surface area contributed by atoms with Crippen LogP contribution in [0.2, 0.25) is 0 Å². The standard InChI is InChI=1S/C14H29NO4S/c1-6-19-13(18)14(5,15-10(2)3)7-11(4)20-9-12(17)8-16/h10-12,15-17H,6-9H2,1-5H3. The molecule has 0 fully saturated rings. The number of carbonyl (C=O) groups is 1. The maximum Gasteiger partial charge on any atom is 0.326 e. The highest BCUT2D eigenvalue weighted by atomic mass is 32.2. The molecule has 0 aliphatic rings. The molecule has 5 nitrogen and oxygen atoms in total. The Morgan fingerprint density at radius 3 is 2.45 bits per heavy atom. The molecule has 3 N–H and O–H groups in total. The lowest BCUT2D eigenvalue weighted by molar-refractivity contribution is -0.151. The molecule has 3 atom stereocenters. The van der Waals surface area contributed by atoms with Crippen LogP contribution < -0.4 is 5.32 Å². The number of aliphatic hydroxyl groups is 2. The summed E-state index contributed by atoms with van der Waals surface area (Å²) in [5.41, 5.74) is -0.735. The first-order chi connectivity index (χ1) is 9.25. The summed E-state index contributed by atoms with van der Waals surface area (Å²) in [6, 6.07) is 0.171. The smallest absolute Gasteiger partial charge is 0.326 e. The summed E-state index contributed by atoms with van der Waals surface area (Å²) in [5.74, 6) is 0.210. The number of rotatable bonds is 10. The second-order valence-electron chi connectivity index (χ2n) is 5.54. The van der Waals surface area contributed by atoms with Crippen LogP contribution in [0.3, 0.4) is 0 Å². The molecule has 0 saturated carbocycles. The zero-order valence-corrected chi connectivity index (χ0v) is 14.0. The molecule has 0 aliphatic carbocycles. The minimum atomic E-state index is -0.735. The van der Waals surface area contributed by atoms with Gasteiger partial charge >= 0.3 is 5.97 Å². The van der Waals surface area contributed by atoms with Crippen molar-refractivity contribution < 1.29 is 19.7 Å². The summed E-state index contributed by atoms with van der Waals surface area (Å²) in [4.78, 5) is 12.1. The zero-order valence-electron chi connectivity index (χ0n) is 13.2. The van der Waals surface area contributed by atoms with Gasteiger partial charge in [-0.15, -0.1) is 0 Å². The molecule has 6 heteroatoms. The summed E-state index contributed by atoms with van der Waals surface area (Å²) in [6.07, 6.45) is -0.110. The quantitative estimate of drug-likeness (QED) is 0.526. The van der Waals surface area contributed by atoms with E-state index >= 15 is 0 Å². The van der Waals surface area contributed by atoms with E-state index in [1.165, 1.54) is 0 Å². The van der Waals surface area contributed by atoms with E-state index in [4.69, 9.17) is 9.84 Å². The second-order valence-corrected chi connectivity index (χ2v) is 7.01. The Labute approximate surface area is 126 Å². The Balaban J connectivity index is 4.59. The third kappa shape index (κ3) is 7.47. The van der Waals surface area contributed by atoms with Crippen LogP contribution in [-0.4, -0.2) is 58.1 Å². The lowest BCUT2D eigenvalue weighted by Gasteiger charge is -2.33. The van der Waals surface area contributed by atoms with Crippen molar-refractivity contribution in [1.82, 2.24) is 5.32 Å². The molecule has 0 aliphatic heterocycles. The summed E-state index contributed by atoms with van der Waals surface area (Å²) >= 11 is 1.54. The minimum Gasteiger partial charge on any atom is -0.465 e. The van der Waals surface area contributed by atoms with E-state index < -0.39 is 11.6 Å². The monoisotopic (exact) mass is 307 g/mol. The van der Waals surface area contributed by atoms with Gasteiger partial charge in [0.05, 0.1) is 19.3 Å². The first kappa shape index (κ1) is 19.7. The van der Waals surface area contributed by atoms with Crippen molar-refractivity contribution in [2.75, 3.05) is 19.0 Å². The number of ether oxygens (including phenoxy) is 1. The van der Waals surface area contributed by atoms with Crippen LogP contribution in [0.15, 0.2) is 0 Å². The molecule has 0 aromatic heterocycles. The van der Waals surface area contributed by atoms with Crippen LogP contribution in [0, 0.1) is 0 Å². The molecular weight excluding hydrogens is 278 g/mol. The van der Waals surface area contributed by atoms with Crippen LogP contribution in [0.25, 0.3) is 0 Å². The molecule has 3 unspecified atom stereocenters. The first-order valence-electron chi connectivity index (χ1n) is 7.10. The predicted molar refractivity (Wildman–Crippen MR) is 82.9 cm³/mol. The number of carbonyl (C=O) groups excluding carboxylic acids is 1. The number of thioether (sulfide) groups is 1. The maximum atomic E-state index is 12.1. The molecule has 0 amide bonds. The molecule has 20 heavy (non-hydrogen) atoms. The van der Waals surface area contributed by atoms with Gasteiger partial charge in [-0.1, -0.05) is 6.92 Å². The molecule has 0 bridgehead atoms. The van der Waals surface area contributed by atoms with E-state index in [1.807, 2.05) is 27.7 Å². The van der Waals surface area contributed by atoms with Crippen LogP contribution in [-0.2, 0) is 9.53 Å². The van der Waals surface area contributed by atoms with Gasteiger partial charge in [0.25, 0.3) is 0 Å². The Bertz CT molecular complexity index is 288. The van der Waals surface area contributed by atoms with Crippen molar-refractivity contribution in [2.45, 2.75) is 64.0 Å². The fourth-order valence-electron chi connectivity index (χ4n) is 2.09. The molecule has 120 valence electrons. The van der Waals surface area contributed by atoms with Crippen molar-refractivity contribution in [1.29, 1.82) is 0 Å².